The van der Waals surface area contributed by atoms with Crippen molar-refractivity contribution in [1.29, 1.82) is 0 Å². The molecule has 0 aliphatic carbocycles. The first-order valence-electron chi connectivity index (χ1n) is 8.26. The average molecular weight is 381 g/mol. The molecule has 0 aliphatic heterocycles. The third-order valence-electron chi connectivity index (χ3n) is 4.16. The summed E-state index contributed by atoms with van der Waals surface area (Å²) < 4.78 is 32.8. The fourth-order valence-corrected chi connectivity index (χ4v) is 3.78. The van der Waals surface area contributed by atoms with E-state index in [1.165, 1.54) is 18.4 Å². The van der Waals surface area contributed by atoms with Gasteiger partial charge in [0.25, 0.3) is 0 Å². The first kappa shape index (κ1) is 18.6. The molecule has 9 heteroatoms. The van der Waals surface area contributed by atoms with Crippen molar-refractivity contribution < 1.29 is 23.2 Å². The molecule has 0 saturated carbocycles. The highest BCUT2D eigenvalue weighted by molar-refractivity contribution is 7.60. The van der Waals surface area contributed by atoms with Gasteiger partial charge in [0.2, 0.25) is 5.50 Å². The molecule has 26 heavy (non-hydrogen) atoms. The van der Waals surface area contributed by atoms with Gasteiger partial charge in [-0.05, 0) is 30.0 Å². The Kier molecular flexibility index (Phi) is 4.69. The fourth-order valence-electron chi connectivity index (χ4n) is 3.09. The molecule has 0 saturated heterocycles. The van der Waals surface area contributed by atoms with Gasteiger partial charge in [0, 0.05) is 6.54 Å². The van der Waals surface area contributed by atoms with Crippen molar-refractivity contribution in [2.24, 2.45) is 5.92 Å². The van der Waals surface area contributed by atoms with Gasteiger partial charge in [0.1, 0.15) is 17.2 Å². The Morgan fingerprint density at radius 3 is 2.69 bits per heavy atom. The van der Waals surface area contributed by atoms with Crippen LogP contribution in [0.15, 0.2) is 22.8 Å². The van der Waals surface area contributed by atoms with Crippen LogP contribution in [-0.4, -0.2) is 19.3 Å². The monoisotopic (exact) mass is 381 g/mol. The molecule has 0 fully saturated rings. The van der Waals surface area contributed by atoms with Crippen LogP contribution < -0.4 is 11.2 Å². The van der Waals surface area contributed by atoms with Gasteiger partial charge in [0.05, 0.1) is 23.0 Å². The van der Waals surface area contributed by atoms with Crippen LogP contribution in [0.1, 0.15) is 26.3 Å². The van der Waals surface area contributed by atoms with Crippen LogP contribution in [0.5, 0.6) is 0 Å². The number of aromatic nitrogens is 2. The maximum absolute atomic E-state index is 14.2. The Morgan fingerprint density at radius 2 is 2.12 bits per heavy atom. The Labute approximate surface area is 149 Å². The van der Waals surface area contributed by atoms with E-state index in [1.807, 2.05) is 25.3 Å². The van der Waals surface area contributed by atoms with E-state index in [0.717, 1.165) is 5.56 Å². The van der Waals surface area contributed by atoms with E-state index in [-0.39, 0.29) is 22.7 Å². The van der Waals surface area contributed by atoms with Crippen LogP contribution >= 0.6 is 7.60 Å². The number of hydrogen-bond donors (Lipinski definition) is 3. The normalized spacial score (nSPS) is 12.4. The molecule has 0 bridgehead atoms. The van der Waals surface area contributed by atoms with Gasteiger partial charge in [-0.2, -0.15) is 0 Å². The SMILES string of the molecule is CCc1cc(F)c(N)c2nc(-c3ccoc3P(=O)(O)O)n(CC(C)C)c12. The maximum Gasteiger partial charge on any atom is 0.391 e. The average Bonchev–Trinajstić information content (AvgIpc) is 3.15. The van der Waals surface area contributed by atoms with E-state index in [2.05, 4.69) is 4.98 Å². The smallest absolute Gasteiger partial charge is 0.391 e. The number of rotatable bonds is 5. The number of nitrogens with zero attached hydrogens (tertiary/aromatic N) is 2. The van der Waals surface area contributed by atoms with Crippen molar-refractivity contribution in [3.05, 3.63) is 29.8 Å². The molecular formula is C17H21FN3O4P. The number of halogens is 1. The second kappa shape index (κ2) is 6.54. The molecule has 0 aliphatic rings. The minimum atomic E-state index is -4.64. The number of nitrogens with two attached hydrogens (primary N) is 1. The molecule has 2 heterocycles. The molecule has 3 rings (SSSR count). The highest BCUT2D eigenvalue weighted by atomic mass is 31.2. The minimum absolute atomic E-state index is 0.0813. The Hall–Kier alpha value is -2.15. The molecule has 1 aromatic carbocycles. The quantitative estimate of drug-likeness (QED) is 0.462. The number of imidazole rings is 1. The van der Waals surface area contributed by atoms with Gasteiger partial charge in [-0.15, -0.1) is 0 Å². The zero-order valence-electron chi connectivity index (χ0n) is 14.7. The Morgan fingerprint density at radius 1 is 1.42 bits per heavy atom. The van der Waals surface area contributed by atoms with E-state index >= 15 is 0 Å². The second-order valence-electron chi connectivity index (χ2n) is 6.61. The van der Waals surface area contributed by atoms with Crippen molar-refractivity contribution in [2.75, 3.05) is 5.73 Å². The molecule has 140 valence electrons. The lowest BCUT2D eigenvalue weighted by Crippen LogP contribution is -2.11. The summed E-state index contributed by atoms with van der Waals surface area (Å²) in [4.78, 5) is 23.6. The number of hydrogen-bond acceptors (Lipinski definition) is 4. The molecule has 0 atom stereocenters. The van der Waals surface area contributed by atoms with E-state index < -0.39 is 18.9 Å². The third-order valence-corrected chi connectivity index (χ3v) is 5.04. The maximum atomic E-state index is 14.2. The fraction of sp³-hybridized carbons (Fsp3) is 0.353. The van der Waals surface area contributed by atoms with Gasteiger partial charge in [-0.1, -0.05) is 20.8 Å². The standard InChI is InChI=1S/C17H21FN3O4P/c1-4-10-7-12(18)13(19)14-15(10)21(8-9(2)3)16(20-14)11-5-6-25-17(11)26(22,23)24/h5-7,9H,4,8,19H2,1-3H3,(H2,22,23,24). The van der Waals surface area contributed by atoms with Crippen molar-refractivity contribution >= 4 is 29.8 Å². The van der Waals surface area contributed by atoms with Crippen LogP contribution in [-0.2, 0) is 17.5 Å². The van der Waals surface area contributed by atoms with Gasteiger partial charge in [0.15, 0.2) is 0 Å². The van der Waals surface area contributed by atoms with Gasteiger partial charge >= 0.3 is 7.60 Å². The predicted octanol–water partition coefficient (Wildman–Crippen LogP) is 3.04. The molecule has 2 aromatic heterocycles. The second-order valence-corrected chi connectivity index (χ2v) is 8.10. The number of furan rings is 1. The van der Waals surface area contributed by atoms with Crippen LogP contribution in [0.3, 0.4) is 0 Å². The Bertz CT molecular complexity index is 1020. The van der Waals surface area contributed by atoms with Crippen molar-refractivity contribution in [2.45, 2.75) is 33.7 Å². The van der Waals surface area contributed by atoms with Crippen LogP contribution in [0.4, 0.5) is 10.1 Å². The molecule has 7 nitrogen and oxygen atoms in total. The number of fused-ring (bicyclic) bond motifs is 1. The number of aryl methyl sites for hydroxylation is 1. The summed E-state index contributed by atoms with van der Waals surface area (Å²) >= 11 is 0. The number of nitrogen functional groups attached to an aromatic ring is 1. The highest BCUT2D eigenvalue weighted by Gasteiger charge is 2.30. The van der Waals surface area contributed by atoms with E-state index in [4.69, 9.17) is 10.2 Å². The van der Waals surface area contributed by atoms with E-state index in [9.17, 15) is 18.7 Å². The molecule has 3 aromatic rings. The summed E-state index contributed by atoms with van der Waals surface area (Å²) in [5.74, 6) is -0.0437. The summed E-state index contributed by atoms with van der Waals surface area (Å²) in [7, 11) is -4.64. The molecule has 0 spiro atoms. The van der Waals surface area contributed by atoms with Crippen LogP contribution in [0, 0.1) is 11.7 Å². The highest BCUT2D eigenvalue weighted by Crippen LogP contribution is 2.40. The lowest BCUT2D eigenvalue weighted by Gasteiger charge is -2.14. The van der Waals surface area contributed by atoms with Crippen molar-refractivity contribution in [1.82, 2.24) is 9.55 Å². The number of benzene rings is 1. The summed E-state index contributed by atoms with van der Waals surface area (Å²) in [6.45, 7) is 6.44. The first-order valence-corrected chi connectivity index (χ1v) is 9.87. The van der Waals surface area contributed by atoms with Gasteiger partial charge in [-0.3, -0.25) is 4.57 Å². The van der Waals surface area contributed by atoms with E-state index in [1.54, 1.807) is 0 Å². The lowest BCUT2D eigenvalue weighted by atomic mass is 10.1. The summed E-state index contributed by atoms with van der Waals surface area (Å²) in [5.41, 5.74) is 7.23. The van der Waals surface area contributed by atoms with E-state index in [0.29, 0.717) is 24.3 Å². The summed E-state index contributed by atoms with van der Waals surface area (Å²) in [6.07, 6.45) is 1.77. The van der Waals surface area contributed by atoms with Gasteiger partial charge < -0.3 is 24.5 Å². The largest absolute Gasteiger partial charge is 0.456 e. The third kappa shape index (κ3) is 3.05. The molecule has 0 amide bonds. The molecule has 4 N–H and O–H groups in total. The minimum Gasteiger partial charge on any atom is -0.456 e. The number of anilines is 1. The molecular weight excluding hydrogens is 360 g/mol. The first-order chi connectivity index (χ1) is 12.1. The summed E-state index contributed by atoms with van der Waals surface area (Å²) in [6, 6.07) is 2.84. The molecule has 0 radical (unpaired) electrons. The molecule has 0 unspecified atom stereocenters. The zero-order chi connectivity index (χ0) is 19.2. The van der Waals surface area contributed by atoms with Gasteiger partial charge in [-0.25, -0.2) is 9.37 Å². The summed E-state index contributed by atoms with van der Waals surface area (Å²) in [5, 5.41) is 0. The van der Waals surface area contributed by atoms with Crippen molar-refractivity contribution in [3.8, 4) is 11.4 Å². The lowest BCUT2D eigenvalue weighted by molar-refractivity contribution is 0.376. The van der Waals surface area contributed by atoms with Crippen LogP contribution in [0.25, 0.3) is 22.4 Å². The zero-order valence-corrected chi connectivity index (χ0v) is 15.6. The van der Waals surface area contributed by atoms with Crippen molar-refractivity contribution in [3.63, 3.8) is 0 Å². The Balaban J connectivity index is 2.41. The topological polar surface area (TPSA) is 115 Å². The predicted molar refractivity (Wildman–Crippen MR) is 97.7 cm³/mol. The van der Waals surface area contributed by atoms with Crippen LogP contribution in [0.2, 0.25) is 0 Å².